The molecule has 10 rings (SSSR count). The van der Waals surface area contributed by atoms with E-state index in [2.05, 4.69) is 170 Å². The van der Waals surface area contributed by atoms with Crippen LogP contribution in [0.15, 0.2) is 174 Å². The largest absolute Gasteiger partial charge is 0.455 e. The lowest BCUT2D eigenvalue weighted by atomic mass is 9.84. The summed E-state index contributed by atoms with van der Waals surface area (Å²) in [6.07, 6.45) is 0. The molecule has 0 aliphatic heterocycles. The number of furan rings is 1. The van der Waals surface area contributed by atoms with Crippen molar-refractivity contribution in [3.8, 4) is 33.4 Å². The molecule has 0 saturated heterocycles. The lowest BCUT2D eigenvalue weighted by Crippen LogP contribution is -1.92. The summed E-state index contributed by atoms with van der Waals surface area (Å²) in [6.45, 7) is 0. The van der Waals surface area contributed by atoms with Gasteiger partial charge in [-0.05, 0) is 77.8 Å². The Labute approximate surface area is 271 Å². The van der Waals surface area contributed by atoms with Crippen molar-refractivity contribution in [2.75, 3.05) is 0 Å². The maximum absolute atomic E-state index is 6.91. The third kappa shape index (κ3) is 3.90. The molecule has 1 aromatic heterocycles. The van der Waals surface area contributed by atoms with E-state index in [0.29, 0.717) is 0 Å². The van der Waals surface area contributed by atoms with Crippen LogP contribution >= 0.6 is 0 Å². The Morgan fingerprint density at radius 2 is 0.787 bits per heavy atom. The van der Waals surface area contributed by atoms with Crippen LogP contribution in [0.3, 0.4) is 0 Å². The number of hydrogen-bond donors (Lipinski definition) is 0. The zero-order chi connectivity index (χ0) is 30.9. The summed E-state index contributed by atoms with van der Waals surface area (Å²) in [5.74, 6) is 0. The zero-order valence-electron chi connectivity index (χ0n) is 25.6. The van der Waals surface area contributed by atoms with Crippen LogP contribution in [0.25, 0.3) is 98.4 Å². The molecule has 0 radical (unpaired) electrons. The molecule has 0 unspecified atom stereocenters. The molecule has 0 aliphatic carbocycles. The summed E-state index contributed by atoms with van der Waals surface area (Å²) >= 11 is 0. The molecule has 10 aromatic rings. The van der Waals surface area contributed by atoms with Gasteiger partial charge in [-0.2, -0.15) is 0 Å². The highest BCUT2D eigenvalue weighted by Crippen LogP contribution is 2.49. The van der Waals surface area contributed by atoms with Crippen LogP contribution in [-0.2, 0) is 0 Å². The second-order valence-corrected chi connectivity index (χ2v) is 12.4. The quantitative estimate of drug-likeness (QED) is 0.185. The van der Waals surface area contributed by atoms with Gasteiger partial charge in [0.1, 0.15) is 11.2 Å². The third-order valence-corrected chi connectivity index (χ3v) is 9.84. The van der Waals surface area contributed by atoms with Gasteiger partial charge in [-0.1, -0.05) is 158 Å². The van der Waals surface area contributed by atoms with Crippen molar-refractivity contribution in [3.63, 3.8) is 0 Å². The van der Waals surface area contributed by atoms with E-state index in [-0.39, 0.29) is 0 Å². The predicted molar refractivity (Wildman–Crippen MR) is 200 cm³/mol. The minimum absolute atomic E-state index is 0.943. The Morgan fingerprint density at radius 3 is 1.45 bits per heavy atom. The van der Waals surface area contributed by atoms with Crippen LogP contribution < -0.4 is 0 Å². The highest BCUT2D eigenvalue weighted by molar-refractivity contribution is 6.30. The number of rotatable bonds is 3. The number of fused-ring (bicyclic) bond motifs is 9. The van der Waals surface area contributed by atoms with Crippen molar-refractivity contribution in [1.82, 2.24) is 0 Å². The first-order valence-corrected chi connectivity index (χ1v) is 16.2. The molecule has 47 heavy (non-hydrogen) atoms. The molecule has 9 aromatic carbocycles. The molecule has 0 bridgehead atoms. The Hall–Kier alpha value is -6.18. The van der Waals surface area contributed by atoms with E-state index in [1.165, 1.54) is 71.1 Å². The Kier molecular flexibility index (Phi) is 5.64. The summed E-state index contributed by atoms with van der Waals surface area (Å²) in [7, 11) is 0. The molecule has 0 atom stereocenters. The number of benzene rings is 9. The molecule has 1 heteroatoms. The van der Waals surface area contributed by atoms with Crippen molar-refractivity contribution >= 4 is 65.0 Å². The van der Waals surface area contributed by atoms with Gasteiger partial charge in [0, 0.05) is 21.5 Å². The Bertz CT molecular complexity index is 2760. The Morgan fingerprint density at radius 1 is 0.298 bits per heavy atom. The van der Waals surface area contributed by atoms with Crippen LogP contribution in [0.4, 0.5) is 0 Å². The molecule has 1 nitrogen and oxygen atoms in total. The summed E-state index contributed by atoms with van der Waals surface area (Å²) in [6, 6.07) is 61.4. The topological polar surface area (TPSA) is 13.1 Å². The second-order valence-electron chi connectivity index (χ2n) is 12.4. The fourth-order valence-corrected chi connectivity index (χ4v) is 7.73. The highest BCUT2D eigenvalue weighted by Gasteiger charge is 2.22. The summed E-state index contributed by atoms with van der Waals surface area (Å²) in [5.41, 5.74) is 9.26. The molecule has 0 aliphatic rings. The molecule has 0 amide bonds. The molecule has 0 fully saturated rings. The summed E-state index contributed by atoms with van der Waals surface area (Å²) < 4.78 is 6.91. The maximum atomic E-state index is 6.91. The molecule has 1 heterocycles. The highest BCUT2D eigenvalue weighted by atomic mass is 16.3. The average molecular weight is 597 g/mol. The van der Waals surface area contributed by atoms with Gasteiger partial charge in [0.05, 0.1) is 0 Å². The van der Waals surface area contributed by atoms with E-state index in [1.54, 1.807) is 0 Å². The van der Waals surface area contributed by atoms with Crippen molar-refractivity contribution < 1.29 is 4.42 Å². The maximum Gasteiger partial charge on any atom is 0.143 e. The second kappa shape index (κ2) is 10.2. The normalized spacial score (nSPS) is 11.8. The van der Waals surface area contributed by atoms with Gasteiger partial charge in [-0.15, -0.1) is 0 Å². The Balaban J connectivity index is 1.33. The number of hydrogen-bond acceptors (Lipinski definition) is 1. The lowest BCUT2D eigenvalue weighted by Gasteiger charge is -2.19. The smallest absolute Gasteiger partial charge is 0.143 e. The van der Waals surface area contributed by atoms with Gasteiger partial charge < -0.3 is 4.42 Å². The molecule has 0 spiro atoms. The third-order valence-electron chi connectivity index (χ3n) is 9.84. The predicted octanol–water partition coefficient (Wildman–Crippen LogP) is 13.2. The fraction of sp³-hybridized carbons (Fsp3) is 0. The van der Waals surface area contributed by atoms with Gasteiger partial charge in [0.2, 0.25) is 0 Å². The van der Waals surface area contributed by atoms with Crippen molar-refractivity contribution in [1.29, 1.82) is 0 Å². The van der Waals surface area contributed by atoms with Crippen LogP contribution in [0.2, 0.25) is 0 Å². The van der Waals surface area contributed by atoms with Crippen LogP contribution in [-0.4, -0.2) is 0 Å². The first kappa shape index (κ1) is 26.1. The van der Waals surface area contributed by atoms with E-state index >= 15 is 0 Å². The molecule has 218 valence electrons. The first-order chi connectivity index (χ1) is 23.3. The van der Waals surface area contributed by atoms with Crippen LogP contribution in [0.5, 0.6) is 0 Å². The van der Waals surface area contributed by atoms with Crippen molar-refractivity contribution in [2.24, 2.45) is 0 Å². The van der Waals surface area contributed by atoms with E-state index < -0.39 is 0 Å². The van der Waals surface area contributed by atoms with Crippen LogP contribution in [0.1, 0.15) is 0 Å². The monoisotopic (exact) mass is 596 g/mol. The molecular weight excluding hydrogens is 569 g/mol. The standard InChI is InChI=1S/C46H28O/c1-2-12-29(13-3-1)30-22-24-32(25-23-30)42-36-18-8-10-20-38(36)43(39-21-11-9-19-37(39)42)41-28-33-15-5-7-17-35(33)46-44(41)40-27-26-31-14-4-6-16-34(31)45(40)47-46/h1-28H. The van der Waals surface area contributed by atoms with Gasteiger partial charge in [0.25, 0.3) is 0 Å². The summed E-state index contributed by atoms with van der Waals surface area (Å²) in [5, 5.41) is 11.9. The van der Waals surface area contributed by atoms with E-state index in [1.807, 2.05) is 0 Å². The first-order valence-electron chi connectivity index (χ1n) is 16.2. The minimum Gasteiger partial charge on any atom is -0.455 e. The van der Waals surface area contributed by atoms with Gasteiger partial charge in [-0.25, -0.2) is 0 Å². The SMILES string of the molecule is c1ccc(-c2ccc(-c3c4ccccc4c(-c4cc5ccccc5c5oc6c7ccccc7ccc6c45)c4ccccc34)cc2)cc1. The fourth-order valence-electron chi connectivity index (χ4n) is 7.73. The molecule has 0 N–H and O–H groups in total. The minimum atomic E-state index is 0.943. The molecular formula is C46H28O. The zero-order valence-corrected chi connectivity index (χ0v) is 25.6. The molecule has 0 saturated carbocycles. The van der Waals surface area contributed by atoms with Crippen LogP contribution in [0, 0.1) is 0 Å². The van der Waals surface area contributed by atoms with Gasteiger partial charge in [0.15, 0.2) is 0 Å². The van der Waals surface area contributed by atoms with Crippen molar-refractivity contribution in [3.05, 3.63) is 170 Å². The lowest BCUT2D eigenvalue weighted by molar-refractivity contribution is 0.676. The van der Waals surface area contributed by atoms with Crippen molar-refractivity contribution in [2.45, 2.75) is 0 Å². The van der Waals surface area contributed by atoms with E-state index in [4.69, 9.17) is 4.42 Å². The van der Waals surface area contributed by atoms with E-state index in [9.17, 15) is 0 Å². The van der Waals surface area contributed by atoms with E-state index in [0.717, 1.165) is 27.3 Å². The summed E-state index contributed by atoms with van der Waals surface area (Å²) in [4.78, 5) is 0. The average Bonchev–Trinajstić information content (AvgIpc) is 3.55. The van der Waals surface area contributed by atoms with Gasteiger partial charge in [-0.3, -0.25) is 0 Å². The van der Waals surface area contributed by atoms with Gasteiger partial charge >= 0.3 is 0 Å².